The van der Waals surface area contributed by atoms with Crippen LogP contribution in [0.2, 0.25) is 10.0 Å². The number of sulfonamides is 1. The van der Waals surface area contributed by atoms with E-state index >= 15 is 0 Å². The maximum absolute atomic E-state index is 12.8. The molecule has 0 N–H and O–H groups in total. The summed E-state index contributed by atoms with van der Waals surface area (Å²) >= 11 is 12.4. The van der Waals surface area contributed by atoms with Crippen molar-refractivity contribution in [3.8, 4) is 0 Å². The number of nitro groups is 1. The SMILES string of the molecule is O=[N+]([O-])c1cccc(S(=O)(=O)N2CCN(Cc3c(Cl)cccc3Cl)CC2)c1. The first-order chi connectivity index (χ1) is 12.8. The molecule has 7 nitrogen and oxygen atoms in total. The van der Waals surface area contributed by atoms with Crippen LogP contribution in [0.3, 0.4) is 0 Å². The third kappa shape index (κ3) is 4.41. The van der Waals surface area contributed by atoms with Crippen LogP contribution in [0, 0.1) is 10.1 Å². The molecular formula is C17H17Cl2N3O4S. The zero-order valence-corrected chi connectivity index (χ0v) is 16.5. The second kappa shape index (κ2) is 8.12. The molecule has 1 fully saturated rings. The van der Waals surface area contributed by atoms with Gasteiger partial charge in [0.1, 0.15) is 0 Å². The highest BCUT2D eigenvalue weighted by atomic mass is 35.5. The van der Waals surface area contributed by atoms with Crippen molar-refractivity contribution in [2.45, 2.75) is 11.4 Å². The first-order valence-electron chi connectivity index (χ1n) is 8.19. The molecule has 0 aromatic heterocycles. The molecule has 10 heteroatoms. The highest BCUT2D eigenvalue weighted by Crippen LogP contribution is 2.27. The van der Waals surface area contributed by atoms with E-state index in [1.807, 2.05) is 0 Å². The van der Waals surface area contributed by atoms with Crippen molar-refractivity contribution < 1.29 is 13.3 Å². The molecule has 0 unspecified atom stereocenters. The van der Waals surface area contributed by atoms with Gasteiger partial charge in [0.15, 0.2) is 0 Å². The smallest absolute Gasteiger partial charge is 0.270 e. The Bertz CT molecular complexity index is 940. The van der Waals surface area contributed by atoms with Crippen molar-refractivity contribution in [3.63, 3.8) is 0 Å². The predicted molar refractivity (Wildman–Crippen MR) is 104 cm³/mol. The summed E-state index contributed by atoms with van der Waals surface area (Å²) in [4.78, 5) is 12.3. The van der Waals surface area contributed by atoms with Gasteiger partial charge >= 0.3 is 0 Å². The van der Waals surface area contributed by atoms with Crippen LogP contribution in [0.15, 0.2) is 47.4 Å². The lowest BCUT2D eigenvalue weighted by Crippen LogP contribution is -2.48. The van der Waals surface area contributed by atoms with E-state index in [0.717, 1.165) is 11.6 Å². The summed E-state index contributed by atoms with van der Waals surface area (Å²) in [5, 5.41) is 12.1. The van der Waals surface area contributed by atoms with Gasteiger partial charge in [-0.25, -0.2) is 8.42 Å². The summed E-state index contributed by atoms with van der Waals surface area (Å²) in [6.45, 7) is 2.12. The fraction of sp³-hybridized carbons (Fsp3) is 0.294. The Labute approximate surface area is 167 Å². The van der Waals surface area contributed by atoms with E-state index in [1.54, 1.807) is 18.2 Å². The highest BCUT2D eigenvalue weighted by Gasteiger charge is 2.29. The van der Waals surface area contributed by atoms with Gasteiger partial charge in [-0.1, -0.05) is 35.3 Å². The second-order valence-electron chi connectivity index (χ2n) is 6.13. The van der Waals surface area contributed by atoms with Gasteiger partial charge in [-0.15, -0.1) is 0 Å². The van der Waals surface area contributed by atoms with E-state index in [2.05, 4.69) is 4.90 Å². The Morgan fingerprint density at radius 3 is 2.19 bits per heavy atom. The van der Waals surface area contributed by atoms with Crippen molar-refractivity contribution in [2.24, 2.45) is 0 Å². The Hall–Kier alpha value is -1.71. The van der Waals surface area contributed by atoms with Gasteiger partial charge in [0.25, 0.3) is 5.69 Å². The lowest BCUT2D eigenvalue weighted by atomic mass is 10.2. The maximum Gasteiger partial charge on any atom is 0.270 e. The molecule has 1 heterocycles. The number of hydrogen-bond donors (Lipinski definition) is 0. The van der Waals surface area contributed by atoms with Gasteiger partial charge in [-0.3, -0.25) is 15.0 Å². The van der Waals surface area contributed by atoms with E-state index < -0.39 is 14.9 Å². The van der Waals surface area contributed by atoms with Crippen LogP contribution in [0.5, 0.6) is 0 Å². The summed E-state index contributed by atoms with van der Waals surface area (Å²) in [5.74, 6) is 0. The molecule has 1 aliphatic rings. The quantitative estimate of drug-likeness (QED) is 0.536. The summed E-state index contributed by atoms with van der Waals surface area (Å²) in [6, 6.07) is 10.4. The van der Waals surface area contributed by atoms with Gasteiger partial charge in [0.2, 0.25) is 10.0 Å². The van der Waals surface area contributed by atoms with Crippen molar-refractivity contribution in [3.05, 3.63) is 68.2 Å². The second-order valence-corrected chi connectivity index (χ2v) is 8.89. The number of halogens is 2. The summed E-state index contributed by atoms with van der Waals surface area (Å²) in [7, 11) is -3.78. The van der Waals surface area contributed by atoms with E-state index in [1.165, 1.54) is 22.5 Å². The molecule has 0 aliphatic carbocycles. The fourth-order valence-electron chi connectivity index (χ4n) is 2.94. The minimum Gasteiger partial charge on any atom is -0.296 e. The number of piperazine rings is 1. The molecule has 27 heavy (non-hydrogen) atoms. The molecule has 144 valence electrons. The minimum atomic E-state index is -3.78. The minimum absolute atomic E-state index is 0.0701. The van der Waals surface area contributed by atoms with Crippen LogP contribution in [-0.2, 0) is 16.6 Å². The van der Waals surface area contributed by atoms with Crippen LogP contribution in [-0.4, -0.2) is 48.7 Å². The first kappa shape index (κ1) is 20.0. The monoisotopic (exact) mass is 429 g/mol. The van der Waals surface area contributed by atoms with E-state index in [-0.39, 0.29) is 23.7 Å². The lowest BCUT2D eigenvalue weighted by molar-refractivity contribution is -0.385. The molecule has 0 atom stereocenters. The van der Waals surface area contributed by atoms with Crippen molar-refractivity contribution in [2.75, 3.05) is 26.2 Å². The maximum atomic E-state index is 12.8. The van der Waals surface area contributed by atoms with Gasteiger partial charge in [0.05, 0.1) is 9.82 Å². The zero-order valence-electron chi connectivity index (χ0n) is 14.2. The normalized spacial score (nSPS) is 16.4. The summed E-state index contributed by atoms with van der Waals surface area (Å²) in [5.41, 5.74) is 0.568. The third-order valence-corrected chi connectivity index (χ3v) is 7.04. The van der Waals surface area contributed by atoms with Gasteiger partial charge in [-0.2, -0.15) is 4.31 Å². The van der Waals surface area contributed by atoms with Crippen LogP contribution >= 0.6 is 23.2 Å². The van der Waals surface area contributed by atoms with Crippen molar-refractivity contribution >= 4 is 38.9 Å². The molecule has 0 bridgehead atoms. The van der Waals surface area contributed by atoms with Crippen molar-refractivity contribution in [1.29, 1.82) is 0 Å². The highest BCUT2D eigenvalue weighted by molar-refractivity contribution is 7.89. The number of nitro benzene ring substituents is 1. The van der Waals surface area contributed by atoms with Crippen LogP contribution in [0.25, 0.3) is 0 Å². The van der Waals surface area contributed by atoms with Crippen LogP contribution < -0.4 is 0 Å². The zero-order chi connectivity index (χ0) is 19.6. The molecular weight excluding hydrogens is 413 g/mol. The van der Waals surface area contributed by atoms with Gasteiger partial charge in [0, 0.05) is 60.5 Å². The molecule has 0 amide bonds. The van der Waals surface area contributed by atoms with E-state index in [9.17, 15) is 18.5 Å². The first-order valence-corrected chi connectivity index (χ1v) is 10.4. The number of rotatable bonds is 5. The van der Waals surface area contributed by atoms with E-state index in [4.69, 9.17) is 23.2 Å². The molecule has 2 aromatic carbocycles. The number of hydrogen-bond acceptors (Lipinski definition) is 5. The molecule has 0 radical (unpaired) electrons. The number of non-ortho nitro benzene ring substituents is 1. The van der Waals surface area contributed by atoms with Crippen LogP contribution in [0.1, 0.15) is 5.56 Å². The average molecular weight is 430 g/mol. The fourth-order valence-corrected chi connectivity index (χ4v) is 4.92. The lowest BCUT2D eigenvalue weighted by Gasteiger charge is -2.34. The number of nitrogens with zero attached hydrogens (tertiary/aromatic N) is 3. The van der Waals surface area contributed by atoms with Gasteiger partial charge < -0.3 is 0 Å². The third-order valence-electron chi connectivity index (χ3n) is 4.44. The Morgan fingerprint density at radius 2 is 1.59 bits per heavy atom. The largest absolute Gasteiger partial charge is 0.296 e. The average Bonchev–Trinajstić information content (AvgIpc) is 2.65. The number of benzene rings is 2. The molecule has 0 saturated carbocycles. The van der Waals surface area contributed by atoms with Crippen molar-refractivity contribution in [1.82, 2.24) is 9.21 Å². The molecule has 3 rings (SSSR count). The molecule has 0 spiro atoms. The standard InChI is InChI=1S/C17H17Cl2N3O4S/c18-16-5-2-6-17(19)15(16)12-20-7-9-21(10-8-20)27(25,26)14-4-1-3-13(11-14)22(23)24/h1-6,11H,7-10,12H2. The molecule has 1 saturated heterocycles. The molecule has 1 aliphatic heterocycles. The Morgan fingerprint density at radius 1 is 1.00 bits per heavy atom. The van der Waals surface area contributed by atoms with Gasteiger partial charge in [-0.05, 0) is 18.2 Å². The predicted octanol–water partition coefficient (Wildman–Crippen LogP) is 3.41. The Balaban J connectivity index is 1.70. The van der Waals surface area contributed by atoms with Crippen LogP contribution in [0.4, 0.5) is 5.69 Å². The van der Waals surface area contributed by atoms with E-state index in [0.29, 0.717) is 29.7 Å². The summed E-state index contributed by atoms with van der Waals surface area (Å²) in [6.07, 6.45) is 0. The summed E-state index contributed by atoms with van der Waals surface area (Å²) < 4.78 is 26.9. The topological polar surface area (TPSA) is 83.8 Å². The Kier molecular flexibility index (Phi) is 6.02. The molecule has 2 aromatic rings.